The number of likely N-dealkylation sites (N-methyl/N-ethyl adjacent to an activating group) is 1. The van der Waals surface area contributed by atoms with Crippen LogP contribution in [0.5, 0.6) is 0 Å². The maximum absolute atomic E-state index is 12.4. The first kappa shape index (κ1) is 16.7. The Morgan fingerprint density at radius 3 is 2.52 bits per heavy atom. The van der Waals surface area contributed by atoms with Crippen molar-refractivity contribution >= 4 is 11.9 Å². The summed E-state index contributed by atoms with van der Waals surface area (Å²) < 4.78 is 1.97. The van der Waals surface area contributed by atoms with E-state index in [-0.39, 0.29) is 11.9 Å². The summed E-state index contributed by atoms with van der Waals surface area (Å²) >= 11 is 0. The molecular weight excluding hydrogens is 296 g/mol. The second-order valence-corrected chi connectivity index (χ2v) is 5.45. The molecule has 0 spiro atoms. The largest absolute Gasteiger partial charge is 0.481 e. The highest BCUT2D eigenvalue weighted by Gasteiger charge is 2.33. The number of amides is 1. The molecule has 1 aromatic heterocycles. The fourth-order valence-corrected chi connectivity index (χ4v) is 2.60. The minimum absolute atomic E-state index is 0.124. The van der Waals surface area contributed by atoms with E-state index in [1.807, 2.05) is 48.9 Å². The SMILES string of the molecule is CC(=O)O.Cc1nnc2n1[C@H](Cc1ccccc1)C(=O)N(C)C2. The van der Waals surface area contributed by atoms with Gasteiger partial charge in [0.25, 0.3) is 5.97 Å². The lowest BCUT2D eigenvalue weighted by Crippen LogP contribution is -2.41. The van der Waals surface area contributed by atoms with Crippen molar-refractivity contribution in [1.29, 1.82) is 0 Å². The van der Waals surface area contributed by atoms with E-state index < -0.39 is 5.97 Å². The van der Waals surface area contributed by atoms with Gasteiger partial charge in [0.1, 0.15) is 11.9 Å². The maximum atomic E-state index is 12.4. The predicted octanol–water partition coefficient (Wildman–Crippen LogP) is 1.43. The summed E-state index contributed by atoms with van der Waals surface area (Å²) in [6, 6.07) is 9.82. The number of carboxylic acid groups (broad SMARTS) is 1. The van der Waals surface area contributed by atoms with Crippen molar-refractivity contribution in [3.8, 4) is 0 Å². The third kappa shape index (κ3) is 3.94. The summed E-state index contributed by atoms with van der Waals surface area (Å²) in [4.78, 5) is 23.1. The van der Waals surface area contributed by atoms with E-state index in [0.717, 1.165) is 24.1 Å². The number of benzene rings is 1. The van der Waals surface area contributed by atoms with Crippen LogP contribution in [0.4, 0.5) is 0 Å². The van der Waals surface area contributed by atoms with Crippen LogP contribution in [0, 0.1) is 6.92 Å². The highest BCUT2D eigenvalue weighted by molar-refractivity contribution is 5.81. The molecule has 2 aromatic rings. The van der Waals surface area contributed by atoms with Crippen molar-refractivity contribution in [2.24, 2.45) is 0 Å². The summed E-state index contributed by atoms with van der Waals surface area (Å²) in [5, 5.41) is 15.7. The van der Waals surface area contributed by atoms with Crippen LogP contribution in [0.25, 0.3) is 0 Å². The quantitative estimate of drug-likeness (QED) is 0.905. The van der Waals surface area contributed by atoms with Gasteiger partial charge in [0, 0.05) is 20.4 Å². The molecule has 0 aliphatic carbocycles. The number of nitrogens with zero attached hydrogens (tertiary/aromatic N) is 4. The lowest BCUT2D eigenvalue weighted by atomic mass is 10.0. The molecule has 0 fully saturated rings. The summed E-state index contributed by atoms with van der Waals surface area (Å²) in [7, 11) is 1.81. The molecule has 1 aliphatic rings. The standard InChI is InChI=1S/C14H16N4O.C2H4O2/c1-10-15-16-13-9-17(2)14(19)12(18(10)13)8-11-6-4-3-5-7-11;1-2(3)4/h3-7,12H,8-9H2,1-2H3;1H3,(H,3,4)/t12-;/m1./s1. The molecule has 7 heteroatoms. The Morgan fingerprint density at radius 2 is 1.91 bits per heavy atom. The number of hydrogen-bond donors (Lipinski definition) is 1. The first-order valence-electron chi connectivity index (χ1n) is 7.29. The number of aryl methyl sites for hydroxylation is 1. The zero-order chi connectivity index (χ0) is 17.0. The van der Waals surface area contributed by atoms with Gasteiger partial charge in [-0.15, -0.1) is 10.2 Å². The second kappa shape index (κ2) is 7.04. The molecule has 0 saturated carbocycles. The van der Waals surface area contributed by atoms with Crippen molar-refractivity contribution in [3.05, 3.63) is 47.5 Å². The topological polar surface area (TPSA) is 88.3 Å². The molecule has 0 bridgehead atoms. The van der Waals surface area contributed by atoms with Crippen LogP contribution in [-0.4, -0.2) is 43.7 Å². The number of carbonyl (C=O) groups excluding carboxylic acids is 1. The number of hydrogen-bond acceptors (Lipinski definition) is 4. The molecule has 1 N–H and O–H groups in total. The first-order valence-corrected chi connectivity index (χ1v) is 7.29. The Hall–Kier alpha value is -2.70. The van der Waals surface area contributed by atoms with Crippen molar-refractivity contribution in [2.75, 3.05) is 7.05 Å². The van der Waals surface area contributed by atoms with Gasteiger partial charge in [-0.3, -0.25) is 9.59 Å². The second-order valence-electron chi connectivity index (χ2n) is 5.45. The Labute approximate surface area is 134 Å². The molecular formula is C16H20N4O3. The first-order chi connectivity index (χ1) is 10.9. The Morgan fingerprint density at radius 1 is 1.30 bits per heavy atom. The number of aromatic nitrogens is 3. The molecule has 2 heterocycles. The van der Waals surface area contributed by atoms with Crippen LogP contribution in [-0.2, 0) is 22.6 Å². The van der Waals surface area contributed by atoms with Crippen molar-refractivity contribution in [2.45, 2.75) is 32.9 Å². The number of rotatable bonds is 2. The Kier molecular flexibility index (Phi) is 5.10. The van der Waals surface area contributed by atoms with E-state index in [1.165, 1.54) is 0 Å². The van der Waals surface area contributed by atoms with Crippen LogP contribution < -0.4 is 0 Å². The zero-order valence-electron chi connectivity index (χ0n) is 13.4. The van der Waals surface area contributed by atoms with Crippen molar-refractivity contribution < 1.29 is 14.7 Å². The molecule has 1 atom stereocenters. The van der Waals surface area contributed by atoms with Gasteiger partial charge in [0.15, 0.2) is 5.82 Å². The van der Waals surface area contributed by atoms with Crippen LogP contribution in [0.2, 0.25) is 0 Å². The van der Waals surface area contributed by atoms with Gasteiger partial charge in [-0.05, 0) is 12.5 Å². The van der Waals surface area contributed by atoms with Gasteiger partial charge >= 0.3 is 0 Å². The highest BCUT2D eigenvalue weighted by Crippen LogP contribution is 2.25. The molecule has 1 amide bonds. The highest BCUT2D eigenvalue weighted by atomic mass is 16.4. The Balaban J connectivity index is 0.000000433. The minimum Gasteiger partial charge on any atom is -0.481 e. The van der Waals surface area contributed by atoms with Crippen molar-refractivity contribution in [1.82, 2.24) is 19.7 Å². The van der Waals surface area contributed by atoms with Crippen LogP contribution in [0.15, 0.2) is 30.3 Å². The smallest absolute Gasteiger partial charge is 0.300 e. The fourth-order valence-electron chi connectivity index (χ4n) is 2.60. The average Bonchev–Trinajstić information content (AvgIpc) is 2.85. The number of aliphatic carboxylic acids is 1. The van der Waals surface area contributed by atoms with E-state index >= 15 is 0 Å². The molecule has 0 saturated heterocycles. The molecule has 0 unspecified atom stereocenters. The molecule has 122 valence electrons. The molecule has 1 aromatic carbocycles. The lowest BCUT2D eigenvalue weighted by molar-refractivity contribution is -0.136. The van der Waals surface area contributed by atoms with E-state index in [2.05, 4.69) is 10.2 Å². The van der Waals surface area contributed by atoms with E-state index in [4.69, 9.17) is 9.90 Å². The molecule has 23 heavy (non-hydrogen) atoms. The number of carboxylic acids is 1. The third-order valence-corrected chi connectivity index (χ3v) is 3.56. The van der Waals surface area contributed by atoms with Gasteiger partial charge < -0.3 is 14.6 Å². The predicted molar refractivity (Wildman–Crippen MR) is 83.7 cm³/mol. The normalized spacial score (nSPS) is 16.4. The Bertz CT molecular complexity index is 693. The molecule has 0 radical (unpaired) electrons. The van der Waals surface area contributed by atoms with Crippen LogP contribution in [0.3, 0.4) is 0 Å². The summed E-state index contributed by atoms with van der Waals surface area (Å²) in [6.45, 7) is 3.51. The van der Waals surface area contributed by atoms with Gasteiger partial charge in [0.05, 0.1) is 6.54 Å². The fraction of sp³-hybridized carbons (Fsp3) is 0.375. The van der Waals surface area contributed by atoms with Gasteiger partial charge in [-0.25, -0.2) is 0 Å². The summed E-state index contributed by atoms with van der Waals surface area (Å²) in [5.74, 6) is 0.956. The maximum Gasteiger partial charge on any atom is 0.300 e. The summed E-state index contributed by atoms with van der Waals surface area (Å²) in [6.07, 6.45) is 0.676. The van der Waals surface area contributed by atoms with Crippen LogP contribution in [0.1, 0.15) is 30.2 Å². The minimum atomic E-state index is -0.833. The summed E-state index contributed by atoms with van der Waals surface area (Å²) in [5.41, 5.74) is 1.15. The van der Waals surface area contributed by atoms with Crippen LogP contribution >= 0.6 is 0 Å². The zero-order valence-corrected chi connectivity index (χ0v) is 13.4. The van der Waals surface area contributed by atoms with E-state index in [9.17, 15) is 4.79 Å². The molecule has 1 aliphatic heterocycles. The third-order valence-electron chi connectivity index (χ3n) is 3.56. The monoisotopic (exact) mass is 316 g/mol. The van der Waals surface area contributed by atoms with Gasteiger partial charge in [-0.2, -0.15) is 0 Å². The molecule has 7 nitrogen and oxygen atoms in total. The van der Waals surface area contributed by atoms with E-state index in [0.29, 0.717) is 13.0 Å². The van der Waals surface area contributed by atoms with Gasteiger partial charge in [0.2, 0.25) is 5.91 Å². The number of carbonyl (C=O) groups is 2. The average molecular weight is 316 g/mol. The lowest BCUT2D eigenvalue weighted by Gasteiger charge is -2.31. The number of fused-ring (bicyclic) bond motifs is 1. The van der Waals surface area contributed by atoms with Crippen molar-refractivity contribution in [3.63, 3.8) is 0 Å². The molecule has 3 rings (SSSR count). The van der Waals surface area contributed by atoms with Gasteiger partial charge in [-0.1, -0.05) is 30.3 Å². The van der Waals surface area contributed by atoms with E-state index in [1.54, 1.807) is 4.90 Å².